The van der Waals surface area contributed by atoms with E-state index in [4.69, 9.17) is 31.6 Å². The summed E-state index contributed by atoms with van der Waals surface area (Å²) in [6.07, 6.45) is 20.1. The van der Waals surface area contributed by atoms with E-state index < -0.39 is 65.9 Å². The third-order valence-corrected chi connectivity index (χ3v) is 43.2. The number of carbonyl (C=O) groups is 3. The predicted octanol–water partition coefficient (Wildman–Crippen LogP) is 21.9. The molecule has 1 aliphatic heterocycles. The normalized spacial score (nSPS) is 22.1. The van der Waals surface area contributed by atoms with Crippen LogP contribution < -0.4 is 0 Å². The quantitative estimate of drug-likeness (QED) is 0.0259. The standard InChI is InChI=1S/C74H138O10Si5/c1-52(38-36-39-53(2)50-65(82-87(30,31)72(17,18)19)69(84-89(34,35)74(23,24)25)68(61(10)75)83-88(32,33)73(20,21)22)46-54(3)43-45-67(77)78-62-40-37-41-66(76)79-63(44-42-55(4)47-57(62)6)58(7)48-56(5)49-59(8)64(81-86(28,29)71(14,15)16)51-60(9)80-85(26,27)70(11,12)13/h36,38-39,42-43,45-46,49-50,57-60,62-65,68-69H,37,40-41,44,47-48,51H2,1-35H3/b39-36+,45-43+,52-38+,53-50+,54-46+,55-42+,56-49+/t57-,58-,59+,60+,62-,63+,64+,65-,68+,69+/m0/s1. The van der Waals surface area contributed by atoms with E-state index in [-0.39, 0.29) is 85.5 Å². The van der Waals surface area contributed by atoms with Gasteiger partial charge in [0.2, 0.25) is 0 Å². The van der Waals surface area contributed by atoms with E-state index in [0.29, 0.717) is 19.3 Å². The number of ketones is 1. The van der Waals surface area contributed by atoms with Crippen LogP contribution in [0.15, 0.2) is 82.5 Å². The van der Waals surface area contributed by atoms with E-state index in [9.17, 15) is 14.4 Å². The highest BCUT2D eigenvalue weighted by Gasteiger charge is 2.51. The van der Waals surface area contributed by atoms with Gasteiger partial charge in [-0.25, -0.2) is 4.79 Å². The molecular weight excluding hydrogens is 1190 g/mol. The molecular formula is C74H138O10Si5. The van der Waals surface area contributed by atoms with Crippen LogP contribution in [0.5, 0.6) is 0 Å². The molecule has 0 unspecified atom stereocenters. The van der Waals surface area contributed by atoms with Gasteiger partial charge in [0.15, 0.2) is 47.4 Å². The molecule has 0 fully saturated rings. The van der Waals surface area contributed by atoms with Crippen molar-refractivity contribution in [3.05, 3.63) is 82.5 Å². The van der Waals surface area contributed by atoms with Gasteiger partial charge in [-0.1, -0.05) is 201 Å². The molecule has 0 spiro atoms. The molecule has 0 radical (unpaired) electrons. The summed E-state index contributed by atoms with van der Waals surface area (Å²) in [4.78, 5) is 41.0. The van der Waals surface area contributed by atoms with E-state index in [1.807, 2.05) is 32.1 Å². The second kappa shape index (κ2) is 33.9. The zero-order valence-electron chi connectivity index (χ0n) is 64.0. The van der Waals surface area contributed by atoms with Crippen LogP contribution in [0.1, 0.15) is 218 Å². The molecule has 15 heteroatoms. The Kier molecular flexibility index (Phi) is 32.2. The maximum absolute atomic E-state index is 13.9. The molecule has 1 rings (SSSR count). The molecule has 0 aromatic rings. The van der Waals surface area contributed by atoms with Crippen LogP contribution in [0.25, 0.3) is 0 Å². The fourth-order valence-electron chi connectivity index (χ4n) is 9.73. The summed E-state index contributed by atoms with van der Waals surface area (Å²) in [7, 11) is -11.4. The van der Waals surface area contributed by atoms with Crippen LogP contribution >= 0.6 is 0 Å². The number of ether oxygens (including phenoxy) is 2. The largest absolute Gasteiger partial charge is 0.462 e. The van der Waals surface area contributed by atoms with Crippen molar-refractivity contribution in [3.63, 3.8) is 0 Å². The van der Waals surface area contributed by atoms with E-state index in [1.165, 1.54) is 17.2 Å². The summed E-state index contributed by atoms with van der Waals surface area (Å²) < 4.78 is 48.3. The maximum atomic E-state index is 13.9. The van der Waals surface area contributed by atoms with Gasteiger partial charge < -0.3 is 31.6 Å². The molecule has 0 bridgehead atoms. The van der Waals surface area contributed by atoms with Gasteiger partial charge in [-0.05, 0) is 189 Å². The summed E-state index contributed by atoms with van der Waals surface area (Å²) in [6, 6.07) is 0. The average molecular weight is 1330 g/mol. The number of esters is 2. The molecule has 0 aromatic carbocycles. The van der Waals surface area contributed by atoms with Crippen molar-refractivity contribution < 1.29 is 46.0 Å². The van der Waals surface area contributed by atoms with Crippen LogP contribution in [0.2, 0.25) is 90.7 Å². The molecule has 0 aromatic heterocycles. The van der Waals surface area contributed by atoms with E-state index >= 15 is 0 Å². The third-order valence-electron chi connectivity index (χ3n) is 20.7. The predicted molar refractivity (Wildman–Crippen MR) is 393 cm³/mol. The lowest BCUT2D eigenvalue weighted by molar-refractivity contribution is -0.152. The minimum atomic E-state index is -2.46. The van der Waals surface area contributed by atoms with Crippen molar-refractivity contribution in [2.75, 3.05) is 0 Å². The number of hydrogen-bond donors (Lipinski definition) is 0. The van der Waals surface area contributed by atoms with Gasteiger partial charge in [-0.15, -0.1) is 0 Å². The molecule has 10 nitrogen and oxygen atoms in total. The van der Waals surface area contributed by atoms with Gasteiger partial charge in [-0.2, -0.15) is 0 Å². The Labute approximate surface area is 553 Å². The molecule has 0 saturated carbocycles. The van der Waals surface area contributed by atoms with Crippen molar-refractivity contribution in [2.24, 2.45) is 17.8 Å². The number of hydrogen-bond acceptors (Lipinski definition) is 10. The van der Waals surface area contributed by atoms with Crippen molar-refractivity contribution >= 4 is 59.3 Å². The first-order chi connectivity index (χ1) is 39.9. The first-order valence-electron chi connectivity index (χ1n) is 33.9. The van der Waals surface area contributed by atoms with Gasteiger partial charge in [-0.3, -0.25) is 9.59 Å². The first-order valence-corrected chi connectivity index (χ1v) is 48.4. The number of rotatable bonds is 27. The summed E-state index contributed by atoms with van der Waals surface area (Å²) in [5.41, 5.74) is 5.35. The smallest absolute Gasteiger partial charge is 0.331 e. The minimum Gasteiger partial charge on any atom is -0.462 e. The van der Waals surface area contributed by atoms with Crippen molar-refractivity contribution in [3.8, 4) is 0 Å². The molecule has 0 aliphatic carbocycles. The average Bonchev–Trinajstić information content (AvgIpc) is 2.41. The van der Waals surface area contributed by atoms with Crippen molar-refractivity contribution in [1.82, 2.24) is 0 Å². The maximum Gasteiger partial charge on any atom is 0.331 e. The van der Waals surface area contributed by atoms with Crippen LogP contribution in [0.4, 0.5) is 0 Å². The fourth-order valence-corrected chi connectivity index (χ4v) is 16.4. The van der Waals surface area contributed by atoms with Crippen molar-refractivity contribution in [1.29, 1.82) is 0 Å². The summed E-state index contributed by atoms with van der Waals surface area (Å²) in [5.74, 6) is -0.334. The highest BCUT2D eigenvalue weighted by molar-refractivity contribution is 6.76. The molecule has 0 N–H and O–H groups in total. The van der Waals surface area contributed by atoms with E-state index in [2.05, 4.69) is 242 Å². The molecule has 0 saturated heterocycles. The number of cyclic esters (lactones) is 1. The Balaban J connectivity index is 3.41. The van der Waals surface area contributed by atoms with Gasteiger partial charge >= 0.3 is 11.9 Å². The molecule has 1 heterocycles. The Morgan fingerprint density at radius 1 is 0.629 bits per heavy atom. The Bertz CT molecular complexity index is 2510. The third kappa shape index (κ3) is 28.3. The summed E-state index contributed by atoms with van der Waals surface area (Å²) >= 11 is 0. The Morgan fingerprint density at radius 2 is 1.11 bits per heavy atom. The first kappa shape index (κ1) is 84.7. The number of carbonyl (C=O) groups excluding carboxylic acids is 3. The van der Waals surface area contributed by atoms with E-state index in [1.54, 1.807) is 13.0 Å². The van der Waals surface area contributed by atoms with Gasteiger partial charge in [0, 0.05) is 25.0 Å². The molecule has 10 atom stereocenters. The number of Topliss-reactive ketones (excluding diaryl/α,β-unsaturated/α-hetero) is 1. The zero-order chi connectivity index (χ0) is 69.7. The highest BCUT2D eigenvalue weighted by atomic mass is 28.4. The lowest BCUT2D eigenvalue weighted by Crippen LogP contribution is -2.59. The second-order valence-electron chi connectivity index (χ2n) is 34.8. The van der Waals surface area contributed by atoms with Crippen LogP contribution in [-0.4, -0.2) is 102 Å². The van der Waals surface area contributed by atoms with Crippen LogP contribution in [0.3, 0.4) is 0 Å². The molecule has 0 amide bonds. The molecule has 89 heavy (non-hydrogen) atoms. The monoisotopic (exact) mass is 1330 g/mol. The second-order valence-corrected chi connectivity index (χ2v) is 58.5. The Morgan fingerprint density at radius 3 is 1.62 bits per heavy atom. The topological polar surface area (TPSA) is 116 Å². The zero-order valence-corrected chi connectivity index (χ0v) is 69.0. The number of allylic oxidation sites excluding steroid dienone is 10. The van der Waals surface area contributed by atoms with E-state index in [0.717, 1.165) is 36.0 Å². The SMILES string of the molecule is CC(=O)[C@@H](O[Si](C)(C)C(C)(C)C)[C@H](O[Si](C)(C)C(C)(C)C)[C@H](/C=C(C)/C=C/C=C(C)/C=C(C)/C=C/C(=O)O[C@H]1CCCC(=O)O[C@@H]([C@@H](C)C/C(C)=C/[C@@H](C)[C@@H](C[C@@H](C)O[Si](C)(C)C(C)(C)C)O[Si](C)(C)C(C)(C)C)C/C=C(\C)C[C@@H]1C)O[Si](C)(C)C(C)(C)C. The van der Waals surface area contributed by atoms with Gasteiger partial charge in [0.1, 0.15) is 24.4 Å². The van der Waals surface area contributed by atoms with Crippen molar-refractivity contribution in [2.45, 2.75) is 351 Å². The van der Waals surface area contributed by atoms with Gasteiger partial charge in [0.25, 0.3) is 0 Å². The highest BCUT2D eigenvalue weighted by Crippen LogP contribution is 2.45. The molecule has 1 aliphatic rings. The minimum absolute atomic E-state index is 0.0186. The summed E-state index contributed by atoms with van der Waals surface area (Å²) in [6.45, 7) is 77.4. The summed E-state index contributed by atoms with van der Waals surface area (Å²) in [5, 5.41) is -0.130. The Hall–Kier alpha value is -2.33. The molecule has 514 valence electrons. The lowest BCUT2D eigenvalue weighted by Gasteiger charge is -2.48. The lowest BCUT2D eigenvalue weighted by atomic mass is 9.89. The van der Waals surface area contributed by atoms with Gasteiger partial charge in [0.05, 0.1) is 12.2 Å². The fraction of sp³-hybridized carbons (Fsp3) is 0.770. The van der Waals surface area contributed by atoms with Crippen LogP contribution in [-0.2, 0) is 46.0 Å². The van der Waals surface area contributed by atoms with Crippen LogP contribution in [0, 0.1) is 17.8 Å².